The van der Waals surface area contributed by atoms with E-state index in [1.54, 1.807) is 30.3 Å². The molecule has 2 fully saturated rings. The van der Waals surface area contributed by atoms with E-state index >= 15 is 0 Å². The maximum Gasteiger partial charge on any atom is 0.295 e. The van der Waals surface area contributed by atoms with Gasteiger partial charge in [0.1, 0.15) is 22.9 Å². The molecular formula is C45H53Cl2N7O8S. The monoisotopic (exact) mass is 921 g/mol. The third kappa shape index (κ3) is 11.6. The van der Waals surface area contributed by atoms with E-state index in [1.807, 2.05) is 24.2 Å². The normalized spacial score (nSPS) is 17.7. The van der Waals surface area contributed by atoms with Crippen LogP contribution in [0, 0.1) is 15.5 Å². The average molecular weight is 923 g/mol. The first-order chi connectivity index (χ1) is 30.1. The van der Waals surface area contributed by atoms with E-state index in [0.29, 0.717) is 31.9 Å². The Bertz CT molecular complexity index is 2450. The topological polar surface area (TPSA) is 159 Å². The van der Waals surface area contributed by atoms with Crippen molar-refractivity contribution < 1.29 is 32.3 Å². The SMILES string of the molecule is COCOc1ccc(Oc2cc(N3CCN(CC4=C(c5ccc(Cl)cc5)CC(C)(C)CC4)CC3)ccc2C(=O)NS(=O)(=O)c2ccc(NN3CCN(C)CC3)c([N+](=O)[O-])c2)c(Cl)c1. The van der Waals surface area contributed by atoms with Gasteiger partial charge in [-0.3, -0.25) is 19.8 Å². The van der Waals surface area contributed by atoms with Gasteiger partial charge in [0, 0.05) is 94.9 Å². The van der Waals surface area contributed by atoms with Gasteiger partial charge < -0.3 is 29.4 Å². The van der Waals surface area contributed by atoms with E-state index in [1.165, 1.54) is 42.0 Å². The lowest BCUT2D eigenvalue weighted by Gasteiger charge is -2.39. The van der Waals surface area contributed by atoms with Crippen LogP contribution in [0.15, 0.2) is 89.3 Å². The first-order valence-electron chi connectivity index (χ1n) is 20.8. The van der Waals surface area contributed by atoms with E-state index in [0.717, 1.165) is 68.8 Å². The third-order valence-corrected chi connectivity index (χ3v) is 13.6. The van der Waals surface area contributed by atoms with Crippen LogP contribution in [0.5, 0.6) is 17.2 Å². The van der Waals surface area contributed by atoms with Crippen molar-refractivity contribution in [2.24, 2.45) is 5.41 Å². The van der Waals surface area contributed by atoms with E-state index in [9.17, 15) is 23.3 Å². The quantitative estimate of drug-likeness (QED) is 0.0669. The first-order valence-corrected chi connectivity index (χ1v) is 23.0. The van der Waals surface area contributed by atoms with Gasteiger partial charge in [0.05, 0.1) is 20.4 Å². The van der Waals surface area contributed by atoms with Crippen molar-refractivity contribution in [3.63, 3.8) is 0 Å². The van der Waals surface area contributed by atoms with Crippen molar-refractivity contribution in [3.8, 4) is 17.2 Å². The molecule has 2 saturated heterocycles. The van der Waals surface area contributed by atoms with Crippen LogP contribution >= 0.6 is 23.2 Å². The summed E-state index contributed by atoms with van der Waals surface area (Å²) in [6.07, 6.45) is 3.16. The van der Waals surface area contributed by atoms with Crippen LogP contribution in [0.4, 0.5) is 17.1 Å². The van der Waals surface area contributed by atoms with Gasteiger partial charge in [0.25, 0.3) is 21.6 Å². The van der Waals surface area contributed by atoms with E-state index in [-0.39, 0.29) is 40.0 Å². The molecule has 4 aromatic carbocycles. The number of allylic oxidation sites excluding steroid dienone is 1. The fourth-order valence-electron chi connectivity index (χ4n) is 8.03. The molecule has 4 aromatic rings. The Hall–Kier alpha value is -4.94. The van der Waals surface area contributed by atoms with Gasteiger partial charge in [0.2, 0.25) is 0 Å². The molecule has 15 nitrogen and oxygen atoms in total. The van der Waals surface area contributed by atoms with Crippen molar-refractivity contribution in [1.82, 2.24) is 19.5 Å². The van der Waals surface area contributed by atoms with Gasteiger partial charge in [0.15, 0.2) is 6.79 Å². The number of methoxy groups -OCH3 is 1. The lowest BCUT2D eigenvalue weighted by Crippen LogP contribution is -2.47. The zero-order chi connectivity index (χ0) is 44.9. The highest BCUT2D eigenvalue weighted by molar-refractivity contribution is 7.90. The molecule has 63 heavy (non-hydrogen) atoms. The largest absolute Gasteiger partial charge is 0.468 e. The summed E-state index contributed by atoms with van der Waals surface area (Å²) in [4.78, 5) is 31.8. The molecule has 0 saturated carbocycles. The summed E-state index contributed by atoms with van der Waals surface area (Å²) >= 11 is 12.9. The molecule has 0 unspecified atom stereocenters. The summed E-state index contributed by atoms with van der Waals surface area (Å²) in [7, 11) is -1.12. The number of nitro groups is 1. The first kappa shape index (κ1) is 46.1. The number of likely N-dealkylation sites (N-methyl/N-ethyl adjacent to an activating group) is 1. The number of rotatable bonds is 15. The van der Waals surface area contributed by atoms with Crippen molar-refractivity contribution in [2.45, 2.75) is 38.0 Å². The molecule has 1 aliphatic carbocycles. The molecule has 3 aliphatic rings. The zero-order valence-corrected chi connectivity index (χ0v) is 38.2. The fourth-order valence-corrected chi connectivity index (χ4v) is 9.35. The molecule has 0 bridgehead atoms. The minimum Gasteiger partial charge on any atom is -0.468 e. The van der Waals surface area contributed by atoms with Crippen molar-refractivity contribution >= 4 is 61.8 Å². The highest BCUT2D eigenvalue weighted by Gasteiger charge is 2.31. The average Bonchev–Trinajstić information content (AvgIpc) is 3.25. The molecule has 0 atom stereocenters. The summed E-state index contributed by atoms with van der Waals surface area (Å²) in [6.45, 7) is 11.2. The van der Waals surface area contributed by atoms with E-state index in [4.69, 9.17) is 37.4 Å². The van der Waals surface area contributed by atoms with Crippen LogP contribution in [-0.4, -0.2) is 114 Å². The minimum absolute atomic E-state index is 0.00256. The Morgan fingerprint density at radius 2 is 1.62 bits per heavy atom. The van der Waals surface area contributed by atoms with Crippen molar-refractivity contribution in [1.29, 1.82) is 0 Å². The highest BCUT2D eigenvalue weighted by Crippen LogP contribution is 2.44. The van der Waals surface area contributed by atoms with Gasteiger partial charge in [-0.25, -0.2) is 18.1 Å². The van der Waals surface area contributed by atoms with Crippen LogP contribution in [0.25, 0.3) is 5.57 Å². The highest BCUT2D eigenvalue weighted by atomic mass is 35.5. The van der Waals surface area contributed by atoms with Crippen LogP contribution in [-0.2, 0) is 14.8 Å². The molecule has 18 heteroatoms. The maximum atomic E-state index is 14.0. The molecular weight excluding hydrogens is 870 g/mol. The lowest BCUT2D eigenvalue weighted by molar-refractivity contribution is -0.384. The molecule has 0 aromatic heterocycles. The molecule has 1 amide bonds. The summed E-state index contributed by atoms with van der Waals surface area (Å²) < 4.78 is 46.3. The predicted molar refractivity (Wildman–Crippen MR) is 246 cm³/mol. The van der Waals surface area contributed by atoms with Gasteiger partial charge in [-0.05, 0) is 91.4 Å². The molecule has 7 rings (SSSR count). The number of anilines is 2. The number of carbonyl (C=O) groups excluding carboxylic acids is 1. The standard InChI is InChI=1S/C45H53Cl2N7O8S/c1-45(2)16-15-32(38(28-45)31-5-7-33(46)8-6-31)29-51-19-21-52(22-20-51)34-9-12-37(43(25-34)62-42-14-10-35(26-39(42)47)61-30-60-4)44(55)49-63(58,59)36-11-13-40(41(27-36)54(56)57)48-53-23-17-50(3)18-24-53/h5-14,25-27,48H,15-24,28-30H2,1-4H3,(H,49,55). The number of hydrogen-bond donors (Lipinski definition) is 2. The number of ether oxygens (including phenoxy) is 3. The van der Waals surface area contributed by atoms with Crippen LogP contribution in [0.1, 0.15) is 49.0 Å². The number of nitro benzene ring substituents is 1. The molecule has 2 heterocycles. The molecule has 2 N–H and O–H groups in total. The number of sulfonamides is 1. The Morgan fingerprint density at radius 1 is 0.889 bits per heavy atom. The van der Waals surface area contributed by atoms with Gasteiger partial charge in [-0.15, -0.1) is 0 Å². The summed E-state index contributed by atoms with van der Waals surface area (Å²) in [5.74, 6) is -0.327. The van der Waals surface area contributed by atoms with Gasteiger partial charge >= 0.3 is 0 Å². The number of hydrazine groups is 1. The number of piperazine rings is 2. The Labute approximate surface area is 378 Å². The number of nitrogens with one attached hydrogen (secondary N) is 2. The van der Waals surface area contributed by atoms with Gasteiger partial charge in [-0.1, -0.05) is 54.8 Å². The molecule has 0 spiro atoms. The number of nitrogens with zero attached hydrogens (tertiary/aromatic N) is 5. The molecule has 0 radical (unpaired) electrons. The number of carbonyl (C=O) groups is 1. The fraction of sp³-hybridized carbons (Fsp3) is 0.400. The maximum absolute atomic E-state index is 14.0. The van der Waals surface area contributed by atoms with Crippen LogP contribution in [0.2, 0.25) is 10.0 Å². The van der Waals surface area contributed by atoms with Crippen molar-refractivity contribution in [2.75, 3.05) is 90.2 Å². The third-order valence-electron chi connectivity index (χ3n) is 11.7. The van der Waals surface area contributed by atoms with Crippen LogP contribution < -0.4 is 24.5 Å². The second-order valence-corrected chi connectivity index (χ2v) is 19.4. The van der Waals surface area contributed by atoms with Gasteiger partial charge in [-0.2, -0.15) is 0 Å². The molecule has 336 valence electrons. The van der Waals surface area contributed by atoms with Crippen LogP contribution in [0.3, 0.4) is 0 Å². The number of halogens is 2. The van der Waals surface area contributed by atoms with E-state index in [2.05, 4.69) is 50.8 Å². The Morgan fingerprint density at radius 3 is 2.30 bits per heavy atom. The zero-order valence-electron chi connectivity index (χ0n) is 35.9. The number of hydrogen-bond acceptors (Lipinski definition) is 13. The predicted octanol–water partition coefficient (Wildman–Crippen LogP) is 8.16. The van der Waals surface area contributed by atoms with Crippen molar-refractivity contribution in [3.05, 3.63) is 116 Å². The number of benzene rings is 4. The summed E-state index contributed by atoms with van der Waals surface area (Å²) in [5.41, 5.74) is 7.67. The second-order valence-electron chi connectivity index (χ2n) is 16.9. The Kier molecular flexibility index (Phi) is 14.5. The Balaban J connectivity index is 1.11. The smallest absolute Gasteiger partial charge is 0.295 e. The van der Waals surface area contributed by atoms with E-state index < -0.39 is 31.4 Å². The lowest BCUT2D eigenvalue weighted by atomic mass is 9.72. The summed E-state index contributed by atoms with van der Waals surface area (Å²) in [5, 5.41) is 14.9. The number of amides is 1. The molecule has 2 aliphatic heterocycles. The summed E-state index contributed by atoms with van der Waals surface area (Å²) in [6, 6.07) is 21.3. The minimum atomic E-state index is -4.60. The second kappa shape index (κ2) is 19.8.